The predicted octanol–water partition coefficient (Wildman–Crippen LogP) is 5.28. The molecule has 2 aromatic carbocycles. The standard InChI is InChI=1S/C19H22ClO7P/c20-16-24-19(21)23-12-7-13-25-28(22,26-14-17-8-3-1-4-9-17)27-15-18-10-5-2-6-11-18/h1-6,8-11H,7,12-16H2. The first-order valence-electron chi connectivity index (χ1n) is 8.58. The number of benzene rings is 2. The van der Waals surface area contributed by atoms with Crippen LogP contribution in [0.1, 0.15) is 17.5 Å². The average molecular weight is 429 g/mol. The molecule has 0 unspecified atom stereocenters. The third-order valence-corrected chi connectivity index (χ3v) is 4.89. The maximum absolute atomic E-state index is 12.9. The van der Waals surface area contributed by atoms with Gasteiger partial charge in [-0.3, -0.25) is 13.6 Å². The summed E-state index contributed by atoms with van der Waals surface area (Å²) in [4.78, 5) is 11.0. The van der Waals surface area contributed by atoms with Gasteiger partial charge in [0.15, 0.2) is 6.07 Å². The summed E-state index contributed by atoms with van der Waals surface area (Å²) in [6, 6.07) is 18.3. The number of phosphoric acid groups is 1. The van der Waals surface area contributed by atoms with Crippen molar-refractivity contribution in [2.75, 3.05) is 19.3 Å². The van der Waals surface area contributed by atoms with Crippen molar-refractivity contribution in [2.24, 2.45) is 0 Å². The van der Waals surface area contributed by atoms with E-state index >= 15 is 0 Å². The molecule has 7 nitrogen and oxygen atoms in total. The van der Waals surface area contributed by atoms with Gasteiger partial charge in [0.1, 0.15) is 0 Å². The first-order valence-corrected chi connectivity index (χ1v) is 10.6. The van der Waals surface area contributed by atoms with Gasteiger partial charge in [-0.05, 0) is 11.1 Å². The molecule has 28 heavy (non-hydrogen) atoms. The van der Waals surface area contributed by atoms with Crippen LogP contribution in [0.5, 0.6) is 0 Å². The van der Waals surface area contributed by atoms with E-state index in [0.29, 0.717) is 0 Å². The number of hydrogen-bond acceptors (Lipinski definition) is 7. The Morgan fingerprint density at radius 3 is 1.82 bits per heavy atom. The molecule has 0 bridgehead atoms. The van der Waals surface area contributed by atoms with E-state index in [2.05, 4.69) is 4.74 Å². The fraction of sp³-hybridized carbons (Fsp3) is 0.316. The SMILES string of the molecule is O=C(OCCl)OCCCOP(=O)(OCc1ccccc1)OCc1ccccc1. The minimum atomic E-state index is -3.82. The van der Waals surface area contributed by atoms with Crippen molar-refractivity contribution in [3.63, 3.8) is 0 Å². The van der Waals surface area contributed by atoms with Gasteiger partial charge in [-0.2, -0.15) is 0 Å². The summed E-state index contributed by atoms with van der Waals surface area (Å²) in [6.07, 6.45) is -0.594. The van der Waals surface area contributed by atoms with E-state index < -0.39 is 14.0 Å². The molecule has 2 rings (SSSR count). The zero-order valence-electron chi connectivity index (χ0n) is 15.2. The monoisotopic (exact) mass is 428 g/mol. The lowest BCUT2D eigenvalue weighted by Gasteiger charge is -2.18. The highest BCUT2D eigenvalue weighted by molar-refractivity contribution is 7.48. The molecule has 0 heterocycles. The molecule has 0 radical (unpaired) electrons. The molecule has 0 aromatic heterocycles. The van der Waals surface area contributed by atoms with Crippen LogP contribution in [0.25, 0.3) is 0 Å². The molecular weight excluding hydrogens is 407 g/mol. The van der Waals surface area contributed by atoms with Crippen molar-refractivity contribution in [1.29, 1.82) is 0 Å². The Balaban J connectivity index is 1.85. The van der Waals surface area contributed by atoms with Gasteiger partial charge in [-0.25, -0.2) is 9.36 Å². The zero-order valence-corrected chi connectivity index (χ0v) is 16.8. The Kier molecular flexibility index (Phi) is 10.0. The number of hydrogen-bond donors (Lipinski definition) is 0. The summed E-state index contributed by atoms with van der Waals surface area (Å²) >= 11 is 5.25. The first-order chi connectivity index (χ1) is 13.6. The van der Waals surface area contributed by atoms with E-state index in [4.69, 9.17) is 29.9 Å². The molecule has 0 N–H and O–H groups in total. The van der Waals surface area contributed by atoms with Crippen LogP contribution in [-0.4, -0.2) is 25.4 Å². The van der Waals surface area contributed by atoms with Gasteiger partial charge in [-0.15, -0.1) is 0 Å². The van der Waals surface area contributed by atoms with Gasteiger partial charge in [0.25, 0.3) is 0 Å². The highest BCUT2D eigenvalue weighted by Crippen LogP contribution is 2.51. The van der Waals surface area contributed by atoms with Crippen LogP contribution in [0.15, 0.2) is 60.7 Å². The van der Waals surface area contributed by atoms with Crippen LogP contribution in [-0.2, 0) is 40.8 Å². The van der Waals surface area contributed by atoms with Crippen molar-refractivity contribution in [2.45, 2.75) is 19.6 Å². The molecule has 0 spiro atoms. The minimum Gasteiger partial charge on any atom is -0.434 e. The maximum atomic E-state index is 12.9. The number of alkyl halides is 1. The Hall–Kier alpha value is -1.89. The van der Waals surface area contributed by atoms with Crippen molar-refractivity contribution >= 4 is 25.6 Å². The van der Waals surface area contributed by atoms with Gasteiger partial charge in [-0.1, -0.05) is 72.3 Å². The molecule has 0 saturated heterocycles. The van der Waals surface area contributed by atoms with Crippen LogP contribution >= 0.6 is 19.4 Å². The number of rotatable bonds is 12. The van der Waals surface area contributed by atoms with Crippen LogP contribution in [0.3, 0.4) is 0 Å². The van der Waals surface area contributed by atoms with Crippen LogP contribution in [0.4, 0.5) is 4.79 Å². The molecule has 0 aliphatic carbocycles. The highest BCUT2D eigenvalue weighted by atomic mass is 35.5. The third-order valence-electron chi connectivity index (χ3n) is 3.39. The summed E-state index contributed by atoms with van der Waals surface area (Å²) in [7, 11) is -3.82. The molecule has 152 valence electrons. The highest BCUT2D eigenvalue weighted by Gasteiger charge is 2.27. The number of carbonyl (C=O) groups is 1. The van der Waals surface area contributed by atoms with E-state index in [9.17, 15) is 9.36 Å². The lowest BCUT2D eigenvalue weighted by atomic mass is 10.2. The average Bonchev–Trinajstić information content (AvgIpc) is 2.72. The molecule has 2 aromatic rings. The fourth-order valence-corrected chi connectivity index (χ4v) is 3.32. The predicted molar refractivity (Wildman–Crippen MR) is 104 cm³/mol. The molecular formula is C19H22ClO7P. The van der Waals surface area contributed by atoms with Gasteiger partial charge >= 0.3 is 14.0 Å². The van der Waals surface area contributed by atoms with E-state index in [1.807, 2.05) is 60.7 Å². The fourth-order valence-electron chi connectivity index (χ4n) is 2.04. The second-order valence-corrected chi connectivity index (χ2v) is 7.39. The van der Waals surface area contributed by atoms with E-state index in [1.165, 1.54) is 0 Å². The van der Waals surface area contributed by atoms with Crippen LogP contribution in [0, 0.1) is 0 Å². The smallest absolute Gasteiger partial charge is 0.434 e. The van der Waals surface area contributed by atoms with Crippen molar-refractivity contribution in [3.05, 3.63) is 71.8 Å². The molecule has 9 heteroatoms. The Labute approximate surface area is 169 Å². The molecule has 0 amide bonds. The topological polar surface area (TPSA) is 80.3 Å². The van der Waals surface area contributed by atoms with Gasteiger partial charge in [0.2, 0.25) is 0 Å². The number of ether oxygens (including phenoxy) is 2. The Bertz CT molecular complexity index is 695. The van der Waals surface area contributed by atoms with Crippen LogP contribution < -0.4 is 0 Å². The summed E-state index contributed by atoms with van der Waals surface area (Å²) in [6.45, 7) is 0.180. The van der Waals surface area contributed by atoms with Gasteiger partial charge in [0, 0.05) is 6.42 Å². The second-order valence-electron chi connectivity index (χ2n) is 5.50. The molecule has 0 atom stereocenters. The summed E-state index contributed by atoms with van der Waals surface area (Å²) in [5.41, 5.74) is 1.67. The van der Waals surface area contributed by atoms with Gasteiger partial charge < -0.3 is 9.47 Å². The van der Waals surface area contributed by atoms with Crippen molar-refractivity contribution in [1.82, 2.24) is 0 Å². The lowest BCUT2D eigenvalue weighted by molar-refractivity contribution is 0.0590. The number of carbonyl (C=O) groups excluding carboxylic acids is 1. The Morgan fingerprint density at radius 1 is 0.786 bits per heavy atom. The normalized spacial score (nSPS) is 11.2. The second kappa shape index (κ2) is 12.5. The summed E-state index contributed by atoms with van der Waals surface area (Å²) in [5, 5.41) is 0. The number of halogens is 1. The largest absolute Gasteiger partial charge is 0.509 e. The first kappa shape index (κ1) is 22.4. The van der Waals surface area contributed by atoms with Gasteiger partial charge in [0.05, 0.1) is 26.4 Å². The van der Waals surface area contributed by atoms with E-state index in [0.717, 1.165) is 11.1 Å². The van der Waals surface area contributed by atoms with Crippen molar-refractivity contribution < 1.29 is 32.4 Å². The minimum absolute atomic E-state index is 0.00894. The lowest BCUT2D eigenvalue weighted by Crippen LogP contribution is -2.09. The molecule has 0 saturated carbocycles. The Morgan fingerprint density at radius 2 is 1.32 bits per heavy atom. The third kappa shape index (κ3) is 8.87. The van der Waals surface area contributed by atoms with E-state index in [-0.39, 0.29) is 38.9 Å². The number of phosphoric ester groups is 1. The molecule has 0 aliphatic rings. The summed E-state index contributed by atoms with van der Waals surface area (Å²) < 4.78 is 38.4. The quantitative estimate of drug-likeness (QED) is 0.197. The van der Waals surface area contributed by atoms with E-state index in [1.54, 1.807) is 0 Å². The summed E-state index contributed by atoms with van der Waals surface area (Å²) in [5.74, 6) is 0. The molecule has 0 fully saturated rings. The van der Waals surface area contributed by atoms with Crippen molar-refractivity contribution in [3.8, 4) is 0 Å². The zero-order chi connectivity index (χ0) is 20.1. The molecule has 0 aliphatic heterocycles. The van der Waals surface area contributed by atoms with Crippen LogP contribution in [0.2, 0.25) is 0 Å². The maximum Gasteiger partial charge on any atom is 0.509 e.